The summed E-state index contributed by atoms with van der Waals surface area (Å²) in [7, 11) is -7.73. The van der Waals surface area contributed by atoms with E-state index in [1.165, 1.54) is 12.1 Å². The molecule has 0 unspecified atom stereocenters. The molecule has 1 saturated carbocycles. The Balaban J connectivity index is 2.05. The SMILES string of the molecule is CC1CCC2(CC1)Nc1ccc(S(N)(=O)=O)cc1S(=O)(=O)N2. The number of benzene rings is 1. The summed E-state index contributed by atoms with van der Waals surface area (Å²) in [6.07, 6.45) is 3.26. The smallest absolute Gasteiger partial charge is 0.244 e. The molecule has 0 bridgehead atoms. The van der Waals surface area contributed by atoms with E-state index in [1.54, 1.807) is 0 Å². The van der Waals surface area contributed by atoms with E-state index in [2.05, 4.69) is 17.0 Å². The van der Waals surface area contributed by atoms with Crippen LogP contribution in [0, 0.1) is 5.92 Å². The molecule has 22 heavy (non-hydrogen) atoms. The van der Waals surface area contributed by atoms with Crippen LogP contribution >= 0.6 is 0 Å². The summed E-state index contributed by atoms with van der Waals surface area (Å²) in [5, 5.41) is 8.31. The van der Waals surface area contributed by atoms with Gasteiger partial charge in [-0.25, -0.2) is 22.0 Å². The predicted molar refractivity (Wildman–Crippen MR) is 82.1 cm³/mol. The number of hydrogen-bond acceptors (Lipinski definition) is 5. The lowest BCUT2D eigenvalue weighted by molar-refractivity contribution is 0.249. The van der Waals surface area contributed by atoms with E-state index in [0.717, 1.165) is 18.9 Å². The first-order chi connectivity index (χ1) is 10.1. The third kappa shape index (κ3) is 2.73. The minimum Gasteiger partial charge on any atom is -0.365 e. The van der Waals surface area contributed by atoms with Crippen molar-refractivity contribution in [3.63, 3.8) is 0 Å². The predicted octanol–water partition coefficient (Wildman–Crippen LogP) is 0.944. The molecular weight excluding hydrogens is 326 g/mol. The van der Waals surface area contributed by atoms with Gasteiger partial charge < -0.3 is 5.32 Å². The zero-order valence-corrected chi connectivity index (χ0v) is 13.8. The Morgan fingerprint density at radius 3 is 2.50 bits per heavy atom. The Hall–Kier alpha value is -1.16. The van der Waals surface area contributed by atoms with Crippen molar-refractivity contribution in [1.29, 1.82) is 0 Å². The number of hydrogen-bond donors (Lipinski definition) is 3. The maximum absolute atomic E-state index is 12.5. The summed E-state index contributed by atoms with van der Waals surface area (Å²) in [5.41, 5.74) is -0.262. The Labute approximate surface area is 130 Å². The lowest BCUT2D eigenvalue weighted by atomic mass is 9.83. The molecule has 122 valence electrons. The molecule has 1 heterocycles. The van der Waals surface area contributed by atoms with E-state index in [4.69, 9.17) is 5.14 Å². The summed E-state index contributed by atoms with van der Waals surface area (Å²) in [5.74, 6) is 0.572. The van der Waals surface area contributed by atoms with Gasteiger partial charge in [0.15, 0.2) is 0 Å². The fraction of sp³-hybridized carbons (Fsp3) is 0.538. The van der Waals surface area contributed by atoms with Crippen LogP contribution in [0.2, 0.25) is 0 Å². The highest BCUT2D eigenvalue weighted by atomic mass is 32.2. The summed E-state index contributed by atoms with van der Waals surface area (Å²) < 4.78 is 50.5. The molecule has 1 fully saturated rings. The highest BCUT2D eigenvalue weighted by molar-refractivity contribution is 7.90. The average Bonchev–Trinajstić information content (AvgIpc) is 2.40. The van der Waals surface area contributed by atoms with Crippen molar-refractivity contribution in [3.05, 3.63) is 18.2 Å². The van der Waals surface area contributed by atoms with Gasteiger partial charge in [-0.05, 0) is 49.8 Å². The molecule has 1 aliphatic heterocycles. The first-order valence-electron chi connectivity index (χ1n) is 7.10. The molecule has 3 rings (SSSR count). The largest absolute Gasteiger partial charge is 0.365 e. The molecule has 0 aromatic heterocycles. The molecule has 1 aromatic carbocycles. The second-order valence-electron chi connectivity index (χ2n) is 6.20. The average molecular weight is 345 g/mol. The van der Waals surface area contributed by atoms with Gasteiger partial charge in [0.2, 0.25) is 20.0 Å². The highest BCUT2D eigenvalue weighted by Gasteiger charge is 2.43. The number of sulfonamides is 2. The van der Waals surface area contributed by atoms with Crippen LogP contribution < -0.4 is 15.2 Å². The van der Waals surface area contributed by atoms with Crippen LogP contribution in [0.15, 0.2) is 28.0 Å². The first kappa shape index (κ1) is 15.7. The molecule has 1 aromatic rings. The first-order valence-corrected chi connectivity index (χ1v) is 10.1. The Morgan fingerprint density at radius 1 is 1.27 bits per heavy atom. The molecule has 1 aliphatic carbocycles. The fourth-order valence-electron chi connectivity index (χ4n) is 3.08. The standard InChI is InChI=1S/C13H19N3O4S2/c1-9-4-6-13(7-5-9)15-11-3-2-10(21(14,17)18)8-12(11)22(19,20)16-13/h2-3,8-9,15-16H,4-7H2,1H3,(H2,14,17,18). The normalized spacial score (nSPS) is 30.5. The van der Waals surface area contributed by atoms with Crippen LogP contribution in [0.25, 0.3) is 0 Å². The van der Waals surface area contributed by atoms with E-state index in [0.29, 0.717) is 24.4 Å². The van der Waals surface area contributed by atoms with Gasteiger partial charge in [0.1, 0.15) is 10.6 Å². The number of primary sulfonamides is 1. The minimum atomic E-state index is -3.95. The molecule has 0 amide bonds. The fourth-order valence-corrected chi connectivity index (χ4v) is 5.27. The molecule has 4 N–H and O–H groups in total. The molecule has 0 radical (unpaired) electrons. The van der Waals surface area contributed by atoms with E-state index >= 15 is 0 Å². The summed E-state index contributed by atoms with van der Waals surface area (Å²) in [6.45, 7) is 2.15. The minimum absolute atomic E-state index is 0.0803. The van der Waals surface area contributed by atoms with Crippen molar-refractivity contribution in [2.24, 2.45) is 11.1 Å². The van der Waals surface area contributed by atoms with E-state index in [1.807, 2.05) is 0 Å². The maximum atomic E-state index is 12.5. The van der Waals surface area contributed by atoms with Gasteiger partial charge in [0.05, 0.1) is 10.6 Å². The van der Waals surface area contributed by atoms with Crippen molar-refractivity contribution >= 4 is 25.7 Å². The number of nitrogens with two attached hydrogens (primary N) is 1. The number of nitrogens with one attached hydrogen (secondary N) is 2. The molecule has 1 spiro atoms. The summed E-state index contributed by atoms with van der Waals surface area (Å²) in [4.78, 5) is -0.296. The van der Waals surface area contributed by atoms with Crippen molar-refractivity contribution in [1.82, 2.24) is 4.72 Å². The van der Waals surface area contributed by atoms with E-state index < -0.39 is 25.7 Å². The summed E-state index contributed by atoms with van der Waals surface area (Å²) in [6, 6.07) is 3.88. The third-order valence-electron chi connectivity index (χ3n) is 4.40. The van der Waals surface area contributed by atoms with Gasteiger partial charge in [-0.2, -0.15) is 4.72 Å². The van der Waals surface area contributed by atoms with Crippen LogP contribution in [0.3, 0.4) is 0 Å². The molecule has 0 saturated heterocycles. The van der Waals surface area contributed by atoms with Crippen LogP contribution in [-0.4, -0.2) is 22.5 Å². The maximum Gasteiger partial charge on any atom is 0.244 e. The molecule has 7 nitrogen and oxygen atoms in total. The van der Waals surface area contributed by atoms with E-state index in [9.17, 15) is 16.8 Å². The number of anilines is 1. The van der Waals surface area contributed by atoms with Gasteiger partial charge in [0, 0.05) is 0 Å². The van der Waals surface area contributed by atoms with Gasteiger partial charge in [-0.1, -0.05) is 6.92 Å². The van der Waals surface area contributed by atoms with Crippen LogP contribution in [0.5, 0.6) is 0 Å². The van der Waals surface area contributed by atoms with E-state index in [-0.39, 0.29) is 9.79 Å². The Bertz CT molecular complexity index is 810. The topological polar surface area (TPSA) is 118 Å². The monoisotopic (exact) mass is 345 g/mol. The quantitative estimate of drug-likeness (QED) is 0.700. The van der Waals surface area contributed by atoms with Crippen LogP contribution in [0.4, 0.5) is 5.69 Å². The third-order valence-corrected chi connectivity index (χ3v) is 6.89. The number of rotatable bonds is 1. The number of fused-ring (bicyclic) bond motifs is 1. The lowest BCUT2D eigenvalue weighted by Crippen LogP contribution is -2.58. The highest BCUT2D eigenvalue weighted by Crippen LogP contribution is 2.39. The van der Waals surface area contributed by atoms with Crippen LogP contribution in [-0.2, 0) is 20.0 Å². The van der Waals surface area contributed by atoms with Gasteiger partial charge in [-0.3, -0.25) is 0 Å². The summed E-state index contributed by atoms with van der Waals surface area (Å²) >= 11 is 0. The second kappa shape index (κ2) is 4.92. The van der Waals surface area contributed by atoms with Crippen LogP contribution in [0.1, 0.15) is 32.6 Å². The Kier molecular flexibility index (Phi) is 3.52. The zero-order chi connectivity index (χ0) is 16.2. The second-order valence-corrected chi connectivity index (χ2v) is 9.41. The molecule has 9 heteroatoms. The van der Waals surface area contributed by atoms with Crippen molar-refractivity contribution in [3.8, 4) is 0 Å². The van der Waals surface area contributed by atoms with Gasteiger partial charge in [-0.15, -0.1) is 0 Å². The van der Waals surface area contributed by atoms with Crippen molar-refractivity contribution in [2.45, 2.75) is 48.1 Å². The van der Waals surface area contributed by atoms with Crippen molar-refractivity contribution in [2.75, 3.05) is 5.32 Å². The van der Waals surface area contributed by atoms with Gasteiger partial charge >= 0.3 is 0 Å². The van der Waals surface area contributed by atoms with Gasteiger partial charge in [0.25, 0.3) is 0 Å². The molecule has 0 atom stereocenters. The molecular formula is C13H19N3O4S2. The Morgan fingerprint density at radius 2 is 1.91 bits per heavy atom. The molecule has 2 aliphatic rings. The lowest BCUT2D eigenvalue weighted by Gasteiger charge is -2.44. The zero-order valence-electron chi connectivity index (χ0n) is 12.2. The van der Waals surface area contributed by atoms with Crippen molar-refractivity contribution < 1.29 is 16.8 Å².